The highest BCUT2D eigenvalue weighted by atomic mass is 79.9. The van der Waals surface area contributed by atoms with Crippen LogP contribution in [0.3, 0.4) is 0 Å². The second-order valence-corrected chi connectivity index (χ2v) is 7.95. The van der Waals surface area contributed by atoms with Crippen molar-refractivity contribution in [3.05, 3.63) is 28.7 Å². The predicted molar refractivity (Wildman–Crippen MR) is 113 cm³/mol. The van der Waals surface area contributed by atoms with Gasteiger partial charge in [0.15, 0.2) is 0 Å². The van der Waals surface area contributed by atoms with Gasteiger partial charge in [-0.25, -0.2) is 0 Å². The zero-order valence-electron chi connectivity index (χ0n) is 15.8. The maximum atomic E-state index is 3.49. The first kappa shape index (κ1) is 21.5. The fourth-order valence-electron chi connectivity index (χ4n) is 3.12. The second kappa shape index (κ2) is 16.0. The van der Waals surface area contributed by atoms with Crippen molar-refractivity contribution < 1.29 is 0 Å². The molecule has 1 aromatic carbocycles. The summed E-state index contributed by atoms with van der Waals surface area (Å²) < 4.78 is 1.14. The molecular formula is C22H38BrN. The van der Waals surface area contributed by atoms with Gasteiger partial charge in [-0.05, 0) is 30.7 Å². The van der Waals surface area contributed by atoms with Gasteiger partial charge in [0.1, 0.15) is 0 Å². The minimum Gasteiger partial charge on any atom is -0.385 e. The van der Waals surface area contributed by atoms with Crippen molar-refractivity contribution in [3.63, 3.8) is 0 Å². The monoisotopic (exact) mass is 395 g/mol. The summed E-state index contributed by atoms with van der Waals surface area (Å²) in [5.74, 6) is 0. The molecule has 138 valence electrons. The van der Waals surface area contributed by atoms with Gasteiger partial charge < -0.3 is 5.32 Å². The van der Waals surface area contributed by atoms with Gasteiger partial charge in [0, 0.05) is 16.7 Å². The van der Waals surface area contributed by atoms with Crippen LogP contribution >= 0.6 is 15.9 Å². The number of rotatable bonds is 16. The SMILES string of the molecule is CCCCCCCCCCCCCCCCNc1ccc(Br)cc1. The highest BCUT2D eigenvalue weighted by Crippen LogP contribution is 2.15. The molecule has 0 atom stereocenters. The number of halogens is 1. The van der Waals surface area contributed by atoms with Crippen LogP contribution < -0.4 is 5.32 Å². The largest absolute Gasteiger partial charge is 0.385 e. The quantitative estimate of drug-likeness (QED) is 0.277. The third-order valence-corrected chi connectivity index (χ3v) is 5.23. The second-order valence-electron chi connectivity index (χ2n) is 7.03. The van der Waals surface area contributed by atoms with Gasteiger partial charge in [0.2, 0.25) is 0 Å². The van der Waals surface area contributed by atoms with Crippen LogP contribution in [0, 0.1) is 0 Å². The summed E-state index contributed by atoms with van der Waals surface area (Å²) in [5, 5.41) is 3.49. The lowest BCUT2D eigenvalue weighted by Gasteiger charge is -2.06. The Kier molecular flexibility index (Phi) is 14.4. The van der Waals surface area contributed by atoms with Gasteiger partial charge >= 0.3 is 0 Å². The summed E-state index contributed by atoms with van der Waals surface area (Å²) in [4.78, 5) is 0. The Bertz CT molecular complexity index is 374. The van der Waals surface area contributed by atoms with E-state index in [1.54, 1.807) is 0 Å². The van der Waals surface area contributed by atoms with Gasteiger partial charge in [-0.1, -0.05) is 106 Å². The highest BCUT2D eigenvalue weighted by molar-refractivity contribution is 9.10. The molecule has 0 fully saturated rings. The van der Waals surface area contributed by atoms with Crippen LogP contribution in [-0.2, 0) is 0 Å². The van der Waals surface area contributed by atoms with Crippen LogP contribution in [0.5, 0.6) is 0 Å². The lowest BCUT2D eigenvalue weighted by molar-refractivity contribution is 0.537. The van der Waals surface area contributed by atoms with Crippen LogP contribution in [0.4, 0.5) is 5.69 Å². The molecule has 24 heavy (non-hydrogen) atoms. The van der Waals surface area contributed by atoms with Crippen molar-refractivity contribution in [2.75, 3.05) is 11.9 Å². The van der Waals surface area contributed by atoms with Crippen molar-refractivity contribution in [2.24, 2.45) is 0 Å². The first-order chi connectivity index (χ1) is 11.8. The summed E-state index contributed by atoms with van der Waals surface area (Å²) in [6.07, 6.45) is 19.9. The normalized spacial score (nSPS) is 10.9. The van der Waals surface area contributed by atoms with Crippen LogP contribution in [0.1, 0.15) is 96.8 Å². The highest BCUT2D eigenvalue weighted by Gasteiger charge is 1.95. The van der Waals surface area contributed by atoms with Gasteiger partial charge in [-0.3, -0.25) is 0 Å². The van der Waals surface area contributed by atoms with E-state index < -0.39 is 0 Å². The number of nitrogens with one attached hydrogen (secondary N) is 1. The third kappa shape index (κ3) is 12.9. The smallest absolute Gasteiger partial charge is 0.0340 e. The zero-order chi connectivity index (χ0) is 17.3. The molecule has 0 spiro atoms. The lowest BCUT2D eigenvalue weighted by Crippen LogP contribution is -2.00. The van der Waals surface area contributed by atoms with Crippen molar-refractivity contribution in [1.82, 2.24) is 0 Å². The third-order valence-electron chi connectivity index (χ3n) is 4.70. The average molecular weight is 396 g/mol. The standard InChI is InChI=1S/C22H38BrN/c1-2-3-4-5-6-7-8-9-10-11-12-13-14-15-20-24-22-18-16-21(23)17-19-22/h16-19,24H,2-15,20H2,1H3. The fourth-order valence-corrected chi connectivity index (χ4v) is 3.38. The summed E-state index contributed by atoms with van der Waals surface area (Å²) in [5.41, 5.74) is 1.23. The molecule has 0 amide bonds. The molecule has 0 unspecified atom stereocenters. The lowest BCUT2D eigenvalue weighted by atomic mass is 10.0. The Balaban J connectivity index is 1.75. The number of benzene rings is 1. The number of unbranched alkanes of at least 4 members (excludes halogenated alkanes) is 13. The number of hydrogen-bond acceptors (Lipinski definition) is 1. The number of anilines is 1. The first-order valence-corrected chi connectivity index (χ1v) is 11.1. The molecule has 2 heteroatoms. The molecule has 0 aliphatic rings. The topological polar surface area (TPSA) is 12.0 Å². The van der Waals surface area contributed by atoms with E-state index in [0.717, 1.165) is 11.0 Å². The Labute approximate surface area is 159 Å². The van der Waals surface area contributed by atoms with Crippen molar-refractivity contribution in [3.8, 4) is 0 Å². The van der Waals surface area contributed by atoms with E-state index in [-0.39, 0.29) is 0 Å². The first-order valence-electron chi connectivity index (χ1n) is 10.3. The van der Waals surface area contributed by atoms with Crippen molar-refractivity contribution >= 4 is 21.6 Å². The summed E-state index contributed by atoms with van der Waals surface area (Å²) in [6, 6.07) is 8.45. The summed E-state index contributed by atoms with van der Waals surface area (Å²) in [6.45, 7) is 3.39. The molecule has 0 saturated heterocycles. The summed E-state index contributed by atoms with van der Waals surface area (Å²) in [7, 11) is 0. The molecule has 0 aliphatic carbocycles. The molecule has 0 aromatic heterocycles. The molecule has 1 nitrogen and oxygen atoms in total. The zero-order valence-corrected chi connectivity index (χ0v) is 17.4. The maximum absolute atomic E-state index is 3.49. The van der Waals surface area contributed by atoms with E-state index in [1.807, 2.05) is 0 Å². The fraction of sp³-hybridized carbons (Fsp3) is 0.727. The van der Waals surface area contributed by atoms with E-state index in [2.05, 4.69) is 52.4 Å². The Morgan fingerprint density at radius 2 is 1.04 bits per heavy atom. The van der Waals surface area contributed by atoms with E-state index in [1.165, 1.54) is 95.6 Å². The Morgan fingerprint density at radius 3 is 1.50 bits per heavy atom. The van der Waals surface area contributed by atoms with Gasteiger partial charge in [-0.15, -0.1) is 0 Å². The van der Waals surface area contributed by atoms with Gasteiger partial charge in [0.05, 0.1) is 0 Å². The van der Waals surface area contributed by atoms with Gasteiger partial charge in [0.25, 0.3) is 0 Å². The minimum atomic E-state index is 1.10. The molecule has 0 bridgehead atoms. The number of hydrogen-bond donors (Lipinski definition) is 1. The Hall–Kier alpha value is -0.500. The molecule has 1 aromatic rings. The van der Waals surface area contributed by atoms with Crippen molar-refractivity contribution in [2.45, 2.75) is 96.8 Å². The van der Waals surface area contributed by atoms with E-state index in [9.17, 15) is 0 Å². The molecule has 0 aliphatic heterocycles. The molecule has 0 saturated carbocycles. The van der Waals surface area contributed by atoms with Crippen LogP contribution in [0.2, 0.25) is 0 Å². The van der Waals surface area contributed by atoms with E-state index >= 15 is 0 Å². The van der Waals surface area contributed by atoms with E-state index in [0.29, 0.717) is 0 Å². The van der Waals surface area contributed by atoms with Crippen molar-refractivity contribution in [1.29, 1.82) is 0 Å². The van der Waals surface area contributed by atoms with E-state index in [4.69, 9.17) is 0 Å². The Morgan fingerprint density at radius 1 is 0.625 bits per heavy atom. The van der Waals surface area contributed by atoms with Crippen LogP contribution in [0.25, 0.3) is 0 Å². The average Bonchev–Trinajstić information content (AvgIpc) is 2.60. The predicted octanol–water partition coefficient (Wildman–Crippen LogP) is 8.34. The summed E-state index contributed by atoms with van der Waals surface area (Å²) >= 11 is 3.47. The minimum absolute atomic E-state index is 1.10. The maximum Gasteiger partial charge on any atom is 0.0340 e. The van der Waals surface area contributed by atoms with Gasteiger partial charge in [-0.2, -0.15) is 0 Å². The molecule has 1 rings (SSSR count). The molecular weight excluding hydrogens is 358 g/mol. The van der Waals surface area contributed by atoms with Crippen LogP contribution in [-0.4, -0.2) is 6.54 Å². The van der Waals surface area contributed by atoms with Crippen LogP contribution in [0.15, 0.2) is 28.7 Å². The molecule has 0 radical (unpaired) electrons. The molecule has 0 heterocycles. The molecule has 1 N–H and O–H groups in total.